The zero-order valence-corrected chi connectivity index (χ0v) is 16.9. The summed E-state index contributed by atoms with van der Waals surface area (Å²) in [6.45, 7) is 19.4. The summed E-state index contributed by atoms with van der Waals surface area (Å²) in [6, 6.07) is 8.56. The number of hydrogen-bond donors (Lipinski definition) is 0. The Morgan fingerprint density at radius 3 is 2.12 bits per heavy atom. The Bertz CT molecular complexity index is 880. The molecule has 0 radical (unpaired) electrons. The maximum atomic E-state index is 5.86. The molecule has 0 saturated carbocycles. The minimum Gasteiger partial charge on any atom is -0.496 e. The molecule has 0 spiro atoms. The monoisotopic (exact) mass is 337 g/mol. The van der Waals surface area contributed by atoms with Crippen LogP contribution >= 0.6 is 0 Å². The fourth-order valence-electron chi connectivity index (χ4n) is 2.93. The molecular formula is C23H31NO. The number of nitrogens with zero attached hydrogens (tertiary/aromatic N) is 1. The maximum absolute atomic E-state index is 5.86. The van der Waals surface area contributed by atoms with E-state index in [0.717, 1.165) is 27.6 Å². The lowest BCUT2D eigenvalue weighted by atomic mass is 9.78. The van der Waals surface area contributed by atoms with Gasteiger partial charge >= 0.3 is 0 Å². The number of ether oxygens (including phenoxy) is 1. The van der Waals surface area contributed by atoms with Gasteiger partial charge in [-0.1, -0.05) is 66.3 Å². The van der Waals surface area contributed by atoms with Gasteiger partial charge in [0.05, 0.1) is 18.2 Å². The predicted octanol–water partition coefficient (Wildman–Crippen LogP) is 4.56. The van der Waals surface area contributed by atoms with Crippen LogP contribution in [0.25, 0.3) is 23.9 Å². The van der Waals surface area contributed by atoms with Crippen molar-refractivity contribution in [3.63, 3.8) is 0 Å². The highest BCUT2D eigenvalue weighted by atomic mass is 16.5. The van der Waals surface area contributed by atoms with E-state index in [1.54, 1.807) is 7.11 Å². The van der Waals surface area contributed by atoms with Crippen LogP contribution in [0.3, 0.4) is 0 Å². The van der Waals surface area contributed by atoms with Crippen LogP contribution in [0, 0.1) is 0 Å². The molecule has 0 unspecified atom stereocenters. The standard InChI is InChI=1S/C23H31NO/c1-10-19-15(2)11-12-20(24-19)17-13-16(22(3,4)5)14-18(21(17)25-9)23(6,7)8/h10-14H,2H2,1,3-9H3. The van der Waals surface area contributed by atoms with E-state index in [9.17, 15) is 0 Å². The van der Waals surface area contributed by atoms with Gasteiger partial charge in [0.2, 0.25) is 0 Å². The van der Waals surface area contributed by atoms with Gasteiger partial charge in [0.25, 0.3) is 0 Å². The van der Waals surface area contributed by atoms with Crippen LogP contribution in [0.2, 0.25) is 0 Å². The molecule has 1 aromatic carbocycles. The van der Waals surface area contributed by atoms with Crippen LogP contribution in [0.5, 0.6) is 5.75 Å². The van der Waals surface area contributed by atoms with Crippen molar-refractivity contribution < 1.29 is 4.74 Å². The summed E-state index contributed by atoms with van der Waals surface area (Å²) in [5.74, 6) is 0.909. The van der Waals surface area contributed by atoms with Crippen molar-refractivity contribution in [2.75, 3.05) is 7.11 Å². The fourth-order valence-corrected chi connectivity index (χ4v) is 2.93. The largest absolute Gasteiger partial charge is 0.496 e. The van der Waals surface area contributed by atoms with Crippen molar-refractivity contribution in [1.29, 1.82) is 0 Å². The third kappa shape index (κ3) is 3.95. The molecule has 2 aromatic rings. The summed E-state index contributed by atoms with van der Waals surface area (Å²) in [7, 11) is 1.74. The average Bonchev–Trinajstić information content (AvgIpc) is 2.52. The zero-order valence-electron chi connectivity index (χ0n) is 16.9. The van der Waals surface area contributed by atoms with Gasteiger partial charge in [-0.3, -0.25) is 0 Å². The van der Waals surface area contributed by atoms with Crippen molar-refractivity contribution in [2.24, 2.45) is 0 Å². The molecule has 0 fully saturated rings. The number of aromatic nitrogens is 1. The van der Waals surface area contributed by atoms with Crippen molar-refractivity contribution in [3.05, 3.63) is 46.0 Å². The predicted molar refractivity (Wildman–Crippen MR) is 109 cm³/mol. The number of methoxy groups -OCH3 is 1. The topological polar surface area (TPSA) is 22.1 Å². The second-order valence-electron chi connectivity index (χ2n) is 8.63. The van der Waals surface area contributed by atoms with Gasteiger partial charge in [-0.25, -0.2) is 4.98 Å². The lowest BCUT2D eigenvalue weighted by Gasteiger charge is -2.28. The highest BCUT2D eigenvalue weighted by Gasteiger charge is 2.26. The summed E-state index contributed by atoms with van der Waals surface area (Å²) >= 11 is 0. The average molecular weight is 338 g/mol. The van der Waals surface area contributed by atoms with E-state index >= 15 is 0 Å². The molecule has 0 aliphatic carbocycles. The first-order valence-electron chi connectivity index (χ1n) is 8.84. The Morgan fingerprint density at radius 2 is 1.64 bits per heavy atom. The van der Waals surface area contributed by atoms with E-state index in [2.05, 4.69) is 60.3 Å². The van der Waals surface area contributed by atoms with Crippen LogP contribution in [-0.2, 0) is 10.8 Å². The zero-order chi connectivity index (χ0) is 19.0. The normalized spacial score (nSPS) is 13.2. The lowest BCUT2D eigenvalue weighted by Crippen LogP contribution is -2.26. The maximum Gasteiger partial charge on any atom is 0.131 e. The number of hydrogen-bond acceptors (Lipinski definition) is 2. The van der Waals surface area contributed by atoms with Crippen molar-refractivity contribution in [1.82, 2.24) is 4.98 Å². The molecule has 2 rings (SSSR count). The van der Waals surface area contributed by atoms with E-state index < -0.39 is 0 Å². The van der Waals surface area contributed by atoms with Gasteiger partial charge in [0.15, 0.2) is 0 Å². The van der Waals surface area contributed by atoms with Crippen LogP contribution in [0.15, 0.2) is 24.3 Å². The fraction of sp³-hybridized carbons (Fsp3) is 0.435. The van der Waals surface area contributed by atoms with Crippen LogP contribution in [0.4, 0.5) is 0 Å². The summed E-state index contributed by atoms with van der Waals surface area (Å²) in [5, 5.41) is 1.85. The molecule has 1 heterocycles. The van der Waals surface area contributed by atoms with E-state index in [0.29, 0.717) is 0 Å². The second-order valence-corrected chi connectivity index (χ2v) is 8.63. The Morgan fingerprint density at radius 1 is 1.00 bits per heavy atom. The molecule has 2 nitrogen and oxygen atoms in total. The molecule has 134 valence electrons. The van der Waals surface area contributed by atoms with Gasteiger partial charge in [-0.2, -0.15) is 0 Å². The summed E-state index contributed by atoms with van der Waals surface area (Å²) < 4.78 is 5.86. The first-order valence-corrected chi connectivity index (χ1v) is 8.84. The van der Waals surface area contributed by atoms with E-state index in [1.807, 2.05) is 25.1 Å². The smallest absolute Gasteiger partial charge is 0.131 e. The van der Waals surface area contributed by atoms with Gasteiger partial charge in [-0.05, 0) is 40.7 Å². The Balaban J connectivity index is 2.91. The van der Waals surface area contributed by atoms with Gasteiger partial charge in [0.1, 0.15) is 5.75 Å². The van der Waals surface area contributed by atoms with Crippen molar-refractivity contribution in [3.8, 4) is 17.0 Å². The summed E-state index contributed by atoms with van der Waals surface area (Å²) in [6.07, 6.45) is 2.00. The third-order valence-corrected chi connectivity index (χ3v) is 4.53. The molecule has 0 atom stereocenters. The molecule has 0 N–H and O–H groups in total. The molecule has 0 amide bonds. The Labute approximate surface area is 152 Å². The van der Waals surface area contributed by atoms with Gasteiger partial charge in [-0.15, -0.1) is 0 Å². The number of benzene rings is 1. The quantitative estimate of drug-likeness (QED) is 0.801. The highest BCUT2D eigenvalue weighted by molar-refractivity contribution is 5.72. The summed E-state index contributed by atoms with van der Waals surface area (Å²) in [4.78, 5) is 4.82. The van der Waals surface area contributed by atoms with E-state index in [1.165, 1.54) is 11.1 Å². The molecule has 0 aliphatic heterocycles. The first-order chi connectivity index (χ1) is 11.5. The molecule has 1 aromatic heterocycles. The highest BCUT2D eigenvalue weighted by Crippen LogP contribution is 2.41. The van der Waals surface area contributed by atoms with Gasteiger partial charge in [0, 0.05) is 11.1 Å². The Hall–Kier alpha value is -2.09. The van der Waals surface area contributed by atoms with Crippen molar-refractivity contribution in [2.45, 2.75) is 59.3 Å². The molecule has 0 aliphatic rings. The minimum absolute atomic E-state index is 0.0205. The van der Waals surface area contributed by atoms with Crippen LogP contribution in [-0.4, -0.2) is 12.1 Å². The van der Waals surface area contributed by atoms with Gasteiger partial charge < -0.3 is 4.74 Å². The number of rotatable bonds is 2. The van der Waals surface area contributed by atoms with Crippen LogP contribution in [0.1, 0.15) is 59.6 Å². The first kappa shape index (κ1) is 19.2. The van der Waals surface area contributed by atoms with E-state index in [-0.39, 0.29) is 10.8 Å². The lowest BCUT2D eigenvalue weighted by molar-refractivity contribution is 0.398. The SMILES string of the molecule is C=c1ccc(-c2cc(C(C)(C)C)cc(C(C)(C)C)c2OC)nc1=CC. The number of pyridine rings is 1. The Kier molecular flexibility index (Phi) is 5.13. The third-order valence-electron chi connectivity index (χ3n) is 4.53. The molecule has 0 bridgehead atoms. The van der Waals surface area contributed by atoms with Crippen LogP contribution < -0.4 is 15.3 Å². The summed E-state index contributed by atoms with van der Waals surface area (Å²) in [5.41, 5.74) is 4.49. The van der Waals surface area contributed by atoms with E-state index in [4.69, 9.17) is 9.72 Å². The molecule has 2 heteroatoms. The molecule has 25 heavy (non-hydrogen) atoms. The minimum atomic E-state index is -0.0205. The second kappa shape index (κ2) is 6.67. The molecule has 0 saturated heterocycles. The molecular weight excluding hydrogens is 306 g/mol. The van der Waals surface area contributed by atoms with Crippen molar-refractivity contribution >= 4 is 12.7 Å².